The molecule has 2 aromatic rings. The van der Waals surface area contributed by atoms with Gasteiger partial charge in [0, 0.05) is 25.1 Å². The van der Waals surface area contributed by atoms with Gasteiger partial charge in [-0.15, -0.1) is 0 Å². The first-order chi connectivity index (χ1) is 10.6. The number of aryl methyl sites for hydroxylation is 1. The molecule has 1 saturated carbocycles. The summed E-state index contributed by atoms with van der Waals surface area (Å²) < 4.78 is 13.6. The molecule has 5 nitrogen and oxygen atoms in total. The van der Waals surface area contributed by atoms with Crippen molar-refractivity contribution >= 4 is 27.5 Å². The predicted molar refractivity (Wildman–Crippen MR) is 86.4 cm³/mol. The summed E-state index contributed by atoms with van der Waals surface area (Å²) in [7, 11) is 5.16. The van der Waals surface area contributed by atoms with Gasteiger partial charge in [0.05, 0.1) is 24.4 Å². The van der Waals surface area contributed by atoms with Gasteiger partial charge in [0.2, 0.25) is 0 Å². The average Bonchev–Trinajstić information content (AvgIpc) is 3.15. The van der Waals surface area contributed by atoms with Gasteiger partial charge in [-0.1, -0.05) is 24.2 Å². The lowest BCUT2D eigenvalue weighted by atomic mass is 10.1. The normalized spacial score (nSPS) is 16.4. The van der Waals surface area contributed by atoms with Gasteiger partial charge in [-0.25, -0.2) is 0 Å². The summed E-state index contributed by atoms with van der Waals surface area (Å²) in [5.41, 5.74) is 0.987. The Labute approximate surface area is 133 Å². The molecule has 1 heterocycles. The van der Waals surface area contributed by atoms with Crippen molar-refractivity contribution in [3.63, 3.8) is 0 Å². The molecule has 0 atom stereocenters. The Bertz CT molecular complexity index is 770. The third-order valence-electron chi connectivity index (χ3n) is 4.22. The van der Waals surface area contributed by atoms with Crippen LogP contribution >= 0.6 is 11.3 Å². The summed E-state index contributed by atoms with van der Waals surface area (Å²) in [5, 5.41) is 0. The van der Waals surface area contributed by atoms with E-state index in [0.717, 1.165) is 40.7 Å². The van der Waals surface area contributed by atoms with Crippen molar-refractivity contribution in [3.8, 4) is 11.5 Å². The number of hydrogen-bond acceptors (Lipinski definition) is 4. The van der Waals surface area contributed by atoms with E-state index in [0.29, 0.717) is 11.5 Å². The van der Waals surface area contributed by atoms with E-state index in [2.05, 4.69) is 4.99 Å². The number of benzene rings is 1. The predicted octanol–water partition coefficient (Wildman–Crippen LogP) is 2.87. The summed E-state index contributed by atoms with van der Waals surface area (Å²) in [4.78, 5) is 17.3. The van der Waals surface area contributed by atoms with Crippen LogP contribution in [0.3, 0.4) is 0 Å². The molecule has 1 aromatic heterocycles. The number of hydrogen-bond donors (Lipinski definition) is 0. The molecule has 0 radical (unpaired) electrons. The summed E-state index contributed by atoms with van der Waals surface area (Å²) in [6, 6.07) is 3.85. The van der Waals surface area contributed by atoms with Gasteiger partial charge in [-0.2, -0.15) is 4.99 Å². The van der Waals surface area contributed by atoms with Crippen LogP contribution in [-0.2, 0) is 11.8 Å². The van der Waals surface area contributed by atoms with Crippen LogP contribution in [0.15, 0.2) is 17.1 Å². The first-order valence-electron chi connectivity index (χ1n) is 7.44. The quantitative estimate of drug-likeness (QED) is 0.874. The van der Waals surface area contributed by atoms with E-state index in [9.17, 15) is 4.79 Å². The molecule has 1 amide bonds. The highest BCUT2D eigenvalue weighted by atomic mass is 32.1. The molecule has 1 aliphatic carbocycles. The van der Waals surface area contributed by atoms with Crippen molar-refractivity contribution in [2.24, 2.45) is 18.0 Å². The molecule has 0 saturated heterocycles. The van der Waals surface area contributed by atoms with E-state index >= 15 is 0 Å². The fourth-order valence-corrected chi connectivity index (χ4v) is 3.95. The number of carbonyl (C=O) groups excluding carboxylic acids is 1. The van der Waals surface area contributed by atoms with E-state index in [4.69, 9.17) is 9.47 Å². The highest BCUT2D eigenvalue weighted by molar-refractivity contribution is 7.16. The summed E-state index contributed by atoms with van der Waals surface area (Å²) in [6.07, 6.45) is 4.22. The standard InChI is InChI=1S/C16H20N2O3S/c1-18-11-8-12(20-2)13(21-3)9-14(11)22-16(18)17-15(19)10-6-4-5-7-10/h8-10H,4-7H2,1-3H3. The fourth-order valence-electron chi connectivity index (χ4n) is 2.92. The minimum Gasteiger partial charge on any atom is -0.493 e. The maximum Gasteiger partial charge on any atom is 0.251 e. The lowest BCUT2D eigenvalue weighted by molar-refractivity contribution is -0.121. The van der Waals surface area contributed by atoms with E-state index in [-0.39, 0.29) is 11.8 Å². The molecule has 0 aliphatic heterocycles. The Kier molecular flexibility index (Phi) is 4.20. The molecule has 6 heteroatoms. The molecule has 1 fully saturated rings. The summed E-state index contributed by atoms with van der Waals surface area (Å²) in [5.74, 6) is 1.48. The molecule has 22 heavy (non-hydrogen) atoms. The molecule has 1 aliphatic rings. The van der Waals surface area contributed by atoms with E-state index in [1.54, 1.807) is 14.2 Å². The third-order valence-corrected chi connectivity index (χ3v) is 5.32. The smallest absolute Gasteiger partial charge is 0.251 e. The van der Waals surface area contributed by atoms with E-state index in [1.807, 2.05) is 23.7 Å². The number of carbonyl (C=O) groups is 1. The number of ether oxygens (including phenoxy) is 2. The van der Waals surface area contributed by atoms with Crippen LogP contribution in [0.5, 0.6) is 11.5 Å². The van der Waals surface area contributed by atoms with Gasteiger partial charge in [0.1, 0.15) is 0 Å². The third kappa shape index (κ3) is 2.63. The van der Waals surface area contributed by atoms with Crippen LogP contribution in [0.2, 0.25) is 0 Å². The second-order valence-electron chi connectivity index (χ2n) is 5.55. The van der Waals surface area contributed by atoms with Crippen molar-refractivity contribution < 1.29 is 14.3 Å². The number of methoxy groups -OCH3 is 2. The second-order valence-corrected chi connectivity index (χ2v) is 6.56. The van der Waals surface area contributed by atoms with Crippen LogP contribution in [0.4, 0.5) is 0 Å². The Morgan fingerprint density at radius 1 is 1.23 bits per heavy atom. The van der Waals surface area contributed by atoms with Gasteiger partial charge in [-0.3, -0.25) is 4.79 Å². The molecular formula is C16H20N2O3S. The number of amides is 1. The number of nitrogens with zero attached hydrogens (tertiary/aromatic N) is 2. The van der Waals surface area contributed by atoms with Crippen molar-refractivity contribution in [2.75, 3.05) is 14.2 Å². The largest absolute Gasteiger partial charge is 0.493 e. The summed E-state index contributed by atoms with van der Waals surface area (Å²) in [6.45, 7) is 0. The Balaban J connectivity index is 2.07. The van der Waals surface area contributed by atoms with Gasteiger partial charge in [0.25, 0.3) is 5.91 Å². The monoisotopic (exact) mass is 320 g/mol. The van der Waals surface area contributed by atoms with Crippen molar-refractivity contribution in [2.45, 2.75) is 25.7 Å². The topological polar surface area (TPSA) is 52.8 Å². The van der Waals surface area contributed by atoms with Crippen molar-refractivity contribution in [3.05, 3.63) is 16.9 Å². The minimum atomic E-state index is 0.0126. The highest BCUT2D eigenvalue weighted by Crippen LogP contribution is 2.33. The van der Waals surface area contributed by atoms with E-state index in [1.165, 1.54) is 11.3 Å². The van der Waals surface area contributed by atoms with Crippen molar-refractivity contribution in [1.82, 2.24) is 4.57 Å². The average molecular weight is 320 g/mol. The Morgan fingerprint density at radius 2 is 1.86 bits per heavy atom. The molecule has 0 unspecified atom stereocenters. The zero-order valence-electron chi connectivity index (χ0n) is 13.1. The zero-order valence-corrected chi connectivity index (χ0v) is 13.9. The van der Waals surface area contributed by atoms with Crippen LogP contribution in [0.1, 0.15) is 25.7 Å². The lowest BCUT2D eigenvalue weighted by Crippen LogP contribution is -2.17. The van der Waals surface area contributed by atoms with Gasteiger partial charge < -0.3 is 14.0 Å². The van der Waals surface area contributed by atoms with Crippen LogP contribution < -0.4 is 14.3 Å². The second kappa shape index (κ2) is 6.12. The molecular weight excluding hydrogens is 300 g/mol. The van der Waals surface area contributed by atoms with Crippen molar-refractivity contribution in [1.29, 1.82) is 0 Å². The van der Waals surface area contributed by atoms with Gasteiger partial charge in [0.15, 0.2) is 16.3 Å². The first kappa shape index (κ1) is 15.1. The number of fused-ring (bicyclic) bond motifs is 1. The number of rotatable bonds is 3. The lowest BCUT2D eigenvalue weighted by Gasteiger charge is -2.07. The zero-order chi connectivity index (χ0) is 15.7. The van der Waals surface area contributed by atoms with Gasteiger partial charge >= 0.3 is 0 Å². The number of thiazole rings is 1. The summed E-state index contributed by atoms with van der Waals surface area (Å²) >= 11 is 1.50. The Hall–Kier alpha value is -1.82. The molecule has 0 N–H and O–H groups in total. The molecule has 0 spiro atoms. The Morgan fingerprint density at radius 3 is 2.50 bits per heavy atom. The molecule has 1 aromatic carbocycles. The van der Waals surface area contributed by atoms with Crippen LogP contribution in [0.25, 0.3) is 10.2 Å². The first-order valence-corrected chi connectivity index (χ1v) is 8.26. The molecule has 118 valence electrons. The highest BCUT2D eigenvalue weighted by Gasteiger charge is 2.22. The SMILES string of the molecule is COc1cc2sc(=NC(=O)C3CCCC3)n(C)c2cc1OC. The van der Waals surface area contributed by atoms with Crippen LogP contribution in [-0.4, -0.2) is 24.7 Å². The van der Waals surface area contributed by atoms with Gasteiger partial charge in [-0.05, 0) is 12.8 Å². The maximum absolute atomic E-state index is 12.3. The molecule has 0 bridgehead atoms. The minimum absolute atomic E-state index is 0.0126. The molecule has 3 rings (SSSR count). The number of aromatic nitrogens is 1. The van der Waals surface area contributed by atoms with Crippen LogP contribution in [0, 0.1) is 5.92 Å². The fraction of sp³-hybridized carbons (Fsp3) is 0.500. The van der Waals surface area contributed by atoms with E-state index < -0.39 is 0 Å². The maximum atomic E-state index is 12.3.